The summed E-state index contributed by atoms with van der Waals surface area (Å²) in [7, 11) is 0. The van der Waals surface area contributed by atoms with E-state index in [-0.39, 0.29) is 12.0 Å². The molecule has 1 aliphatic carbocycles. The van der Waals surface area contributed by atoms with E-state index >= 15 is 0 Å². The number of aryl methyl sites for hydroxylation is 3. The highest BCUT2D eigenvalue weighted by molar-refractivity contribution is 7.15. The van der Waals surface area contributed by atoms with Crippen molar-refractivity contribution < 1.29 is 14.3 Å². The average molecular weight is 844 g/mol. The molecular weight excluding hydrogens is 791 g/mol. The average Bonchev–Trinajstić information content (AvgIpc) is 3.95. The van der Waals surface area contributed by atoms with Gasteiger partial charge in [0.2, 0.25) is 0 Å². The molecule has 10 nitrogen and oxygen atoms in total. The number of phenols is 1. The molecule has 0 bridgehead atoms. The van der Waals surface area contributed by atoms with Crippen LogP contribution in [0.15, 0.2) is 119 Å². The van der Waals surface area contributed by atoms with E-state index in [1.807, 2.05) is 19.1 Å². The first-order valence-corrected chi connectivity index (χ1v) is 22.9. The van der Waals surface area contributed by atoms with E-state index in [0.717, 1.165) is 83.8 Å². The summed E-state index contributed by atoms with van der Waals surface area (Å²) in [5, 5.41) is 24.3. The maximum absolute atomic E-state index is 10.3. The van der Waals surface area contributed by atoms with Crippen LogP contribution in [0.4, 0.5) is 5.69 Å². The van der Waals surface area contributed by atoms with Crippen molar-refractivity contribution in [3.8, 4) is 16.5 Å². The second-order valence-corrected chi connectivity index (χ2v) is 18.3. The normalized spacial score (nSPS) is 20.0. The van der Waals surface area contributed by atoms with E-state index in [0.29, 0.717) is 36.6 Å². The van der Waals surface area contributed by atoms with E-state index in [4.69, 9.17) is 14.1 Å². The maximum atomic E-state index is 10.3. The van der Waals surface area contributed by atoms with Gasteiger partial charge in [-0.15, -0.1) is 21.5 Å². The Morgan fingerprint density at radius 3 is 2.55 bits per heavy atom. The van der Waals surface area contributed by atoms with Crippen molar-refractivity contribution in [3.63, 3.8) is 0 Å². The number of aromatic hydroxyl groups is 1. The van der Waals surface area contributed by atoms with Crippen LogP contribution in [0.25, 0.3) is 5.00 Å². The van der Waals surface area contributed by atoms with Crippen LogP contribution in [0.1, 0.15) is 105 Å². The smallest absolute Gasteiger partial charge is 0.196 e. The number of rotatable bonds is 11. The molecule has 2 aliphatic heterocycles. The largest absolute Gasteiger partial charge is 0.508 e. The van der Waals surface area contributed by atoms with E-state index in [9.17, 15) is 5.11 Å². The van der Waals surface area contributed by atoms with Crippen LogP contribution in [-0.2, 0) is 12.8 Å². The molecule has 11 heteroatoms. The first-order chi connectivity index (χ1) is 30.4. The van der Waals surface area contributed by atoms with Crippen LogP contribution in [0.5, 0.6) is 11.5 Å². The Morgan fingerprint density at radius 1 is 0.903 bits per heavy atom. The molecule has 1 fully saturated rings. The Morgan fingerprint density at radius 2 is 1.74 bits per heavy atom. The molecule has 0 amide bonds. The second-order valence-electron chi connectivity index (χ2n) is 17.1. The molecule has 2 N–H and O–H groups in total. The summed E-state index contributed by atoms with van der Waals surface area (Å²) < 4.78 is 14.2. The molecule has 62 heavy (non-hydrogen) atoms. The van der Waals surface area contributed by atoms with E-state index < -0.39 is 0 Å². The van der Waals surface area contributed by atoms with Crippen molar-refractivity contribution in [1.29, 1.82) is 0 Å². The summed E-state index contributed by atoms with van der Waals surface area (Å²) in [4.78, 5) is 13.6. The minimum Gasteiger partial charge on any atom is -0.508 e. The Bertz CT molecular complexity index is 2670. The van der Waals surface area contributed by atoms with Crippen molar-refractivity contribution in [1.82, 2.24) is 24.6 Å². The Balaban J connectivity index is 0.800. The number of likely N-dealkylation sites (tertiary alicyclic amines) is 1. The van der Waals surface area contributed by atoms with Gasteiger partial charge < -0.3 is 19.6 Å². The Labute approximate surface area is 367 Å². The number of benzene rings is 4. The first kappa shape index (κ1) is 40.1. The summed E-state index contributed by atoms with van der Waals surface area (Å²) in [6, 6.07) is 34.3. The van der Waals surface area contributed by atoms with Gasteiger partial charge in [-0.25, -0.2) is 4.98 Å². The molecule has 0 radical (unpaired) electrons. The number of aliphatic imine (C=N–C) groups is 1. The Hall–Kier alpha value is -6.04. The number of nitrogens with one attached hydrogen (secondary N) is 1. The number of ether oxygens (including phenoxy) is 1. The number of oxazole rings is 1. The first-order valence-electron chi connectivity index (χ1n) is 22.0. The summed E-state index contributed by atoms with van der Waals surface area (Å²) in [6.45, 7) is 9.91. The van der Waals surface area contributed by atoms with Crippen molar-refractivity contribution >= 4 is 22.7 Å². The molecule has 3 aliphatic rings. The highest BCUT2D eigenvalue weighted by Gasteiger charge is 2.34. The van der Waals surface area contributed by atoms with Gasteiger partial charge in [0, 0.05) is 46.7 Å². The summed E-state index contributed by atoms with van der Waals surface area (Å²) in [6.07, 6.45) is 9.28. The maximum Gasteiger partial charge on any atom is 0.196 e. The standard InChI is InChI=1S/C51H53N7O3S/c1-32-33(2)62-51-47(32)49(54-45(30-46-52-24-27-61-46)50-56-55-34(3)58(50)51)37-12-17-39(18-13-37)53-40-11-7-8-25-57(31-40)26-28-60-42-20-14-36(15-21-42)48-43(35-9-5-4-6-10-35)22-16-38-29-41(59)19-23-44(38)48/h4-6,9-10,12-15,17-21,23-24,27,29,40,43,45,48,53,59H,7-8,11,16,22,25-26,28,30-31H2,1-3H3/t40-,43+,45?,48-/m0/s1. The van der Waals surface area contributed by atoms with Gasteiger partial charge in [0.25, 0.3) is 0 Å². The van der Waals surface area contributed by atoms with Crippen molar-refractivity contribution in [3.05, 3.63) is 171 Å². The molecule has 0 spiro atoms. The number of nitrogens with zero attached hydrogens (tertiary/aromatic N) is 6. The van der Waals surface area contributed by atoms with Crippen molar-refractivity contribution in [2.24, 2.45) is 4.99 Å². The van der Waals surface area contributed by atoms with Gasteiger partial charge >= 0.3 is 0 Å². The van der Waals surface area contributed by atoms with Crippen LogP contribution < -0.4 is 10.1 Å². The summed E-state index contributed by atoms with van der Waals surface area (Å²) in [5.41, 5.74) is 10.7. The molecule has 0 saturated carbocycles. The fourth-order valence-electron chi connectivity index (χ4n) is 9.89. The van der Waals surface area contributed by atoms with E-state index in [1.54, 1.807) is 23.8 Å². The molecule has 4 aromatic carbocycles. The Kier molecular flexibility index (Phi) is 11.2. The predicted molar refractivity (Wildman–Crippen MR) is 246 cm³/mol. The predicted octanol–water partition coefficient (Wildman–Crippen LogP) is 10.3. The van der Waals surface area contributed by atoms with Gasteiger partial charge in [0.15, 0.2) is 11.7 Å². The fourth-order valence-corrected chi connectivity index (χ4v) is 11.1. The zero-order chi connectivity index (χ0) is 42.2. The molecule has 3 aromatic heterocycles. The summed E-state index contributed by atoms with van der Waals surface area (Å²) >= 11 is 1.77. The van der Waals surface area contributed by atoms with Crippen LogP contribution >= 0.6 is 11.3 Å². The second kappa shape index (κ2) is 17.4. The third kappa shape index (κ3) is 8.07. The molecule has 1 saturated heterocycles. The van der Waals surface area contributed by atoms with Crippen LogP contribution in [0.3, 0.4) is 0 Å². The number of fused-ring (bicyclic) bond motifs is 4. The lowest BCUT2D eigenvalue weighted by Gasteiger charge is -2.35. The lowest BCUT2D eigenvalue weighted by molar-refractivity contribution is 0.210. The van der Waals surface area contributed by atoms with Gasteiger partial charge in [0.05, 0.1) is 18.3 Å². The number of phenolic OH excluding ortho intramolecular Hbond substituents is 1. The van der Waals surface area contributed by atoms with Crippen LogP contribution in [0, 0.1) is 20.8 Å². The molecule has 4 atom stereocenters. The third-order valence-electron chi connectivity index (χ3n) is 13.1. The van der Waals surface area contributed by atoms with Crippen LogP contribution in [-0.4, -0.2) is 67.7 Å². The summed E-state index contributed by atoms with van der Waals surface area (Å²) in [5.74, 6) is 4.11. The number of hydrogen-bond acceptors (Lipinski definition) is 10. The number of aromatic nitrogens is 4. The highest BCUT2D eigenvalue weighted by atomic mass is 32.1. The molecule has 1 unspecified atom stereocenters. The molecule has 316 valence electrons. The topological polar surface area (TPSA) is 114 Å². The minimum atomic E-state index is -0.299. The van der Waals surface area contributed by atoms with E-state index in [2.05, 4.69) is 129 Å². The van der Waals surface area contributed by atoms with Gasteiger partial charge in [-0.1, -0.05) is 67.1 Å². The molecule has 10 rings (SSSR count). The number of thiophene rings is 1. The van der Waals surface area contributed by atoms with Gasteiger partial charge in [-0.05, 0) is 123 Å². The number of anilines is 1. The quantitative estimate of drug-likeness (QED) is 0.132. The zero-order valence-corrected chi connectivity index (χ0v) is 36.4. The fraction of sp³-hybridized carbons (Fsp3) is 0.333. The molecule has 5 heterocycles. The highest BCUT2D eigenvalue weighted by Crippen LogP contribution is 2.47. The van der Waals surface area contributed by atoms with Gasteiger partial charge in [-0.2, -0.15) is 0 Å². The lowest BCUT2D eigenvalue weighted by atomic mass is 9.69. The lowest BCUT2D eigenvalue weighted by Crippen LogP contribution is -2.37. The monoisotopic (exact) mass is 843 g/mol. The van der Waals surface area contributed by atoms with Crippen molar-refractivity contribution in [2.45, 2.75) is 83.2 Å². The molecule has 7 aromatic rings. The minimum absolute atomic E-state index is 0.220. The van der Waals surface area contributed by atoms with Gasteiger partial charge in [0.1, 0.15) is 41.2 Å². The van der Waals surface area contributed by atoms with Gasteiger partial charge in [-0.3, -0.25) is 14.5 Å². The molecular formula is C51H53N7O3S. The zero-order valence-electron chi connectivity index (χ0n) is 35.6. The third-order valence-corrected chi connectivity index (χ3v) is 14.3. The van der Waals surface area contributed by atoms with Crippen LogP contribution in [0.2, 0.25) is 0 Å². The van der Waals surface area contributed by atoms with Crippen molar-refractivity contribution in [2.75, 3.05) is 31.6 Å². The number of hydrogen-bond donors (Lipinski definition) is 2. The SMILES string of the molecule is Cc1sc2c(c1C)C(c1ccc(N[C@H]3CCCCN(CCOc4ccc([C@@H]5c6ccc(O)cc6CC[C@@H]5c5ccccc5)cc4)C3)cc1)=NC(Cc1ncco1)c1nnc(C)n1-2. The van der Waals surface area contributed by atoms with E-state index in [1.165, 1.54) is 45.5 Å².